The van der Waals surface area contributed by atoms with E-state index in [-0.39, 0.29) is 22.1 Å². The quantitative estimate of drug-likeness (QED) is 0.638. The van der Waals surface area contributed by atoms with E-state index >= 15 is 0 Å². The minimum absolute atomic E-state index is 0.0195. The molecule has 0 aromatic heterocycles. The summed E-state index contributed by atoms with van der Waals surface area (Å²) in [5.74, 6) is -0.891. The monoisotopic (exact) mass is 454 g/mol. The van der Waals surface area contributed by atoms with Crippen LogP contribution in [0.3, 0.4) is 0 Å². The fourth-order valence-electron chi connectivity index (χ4n) is 1.90. The molecule has 0 amide bonds. The number of rotatable bonds is 2. The van der Waals surface area contributed by atoms with Crippen LogP contribution in [-0.4, -0.2) is 18.0 Å². The Labute approximate surface area is 117 Å². The Hall–Kier alpha value is 1.39. The van der Waals surface area contributed by atoms with Gasteiger partial charge in [-0.1, -0.05) is 77.6 Å². The summed E-state index contributed by atoms with van der Waals surface area (Å²) in [6.45, 7) is 3.95. The summed E-state index contributed by atoms with van der Waals surface area (Å²) < 4.78 is -0.445. The first kappa shape index (κ1) is 13.5. The first-order chi connectivity index (χ1) is 6.10. The van der Waals surface area contributed by atoms with Gasteiger partial charge in [0.2, 0.25) is 0 Å². The van der Waals surface area contributed by atoms with Crippen molar-refractivity contribution in [3.05, 3.63) is 0 Å². The van der Waals surface area contributed by atoms with E-state index in [1.54, 1.807) is 0 Å². The maximum absolute atomic E-state index is 11.0. The minimum Gasteiger partial charge on any atom is -0.481 e. The highest BCUT2D eigenvalue weighted by molar-refractivity contribution is 9.40. The second-order valence-corrected chi connectivity index (χ2v) is 12.0. The molecule has 6 heteroatoms. The number of hydrogen-bond acceptors (Lipinski definition) is 1. The van der Waals surface area contributed by atoms with Gasteiger partial charge in [0.15, 0.2) is 0 Å². The molecule has 0 radical (unpaired) electrons. The zero-order valence-corrected chi connectivity index (χ0v) is 13.9. The van der Waals surface area contributed by atoms with Gasteiger partial charge in [0.25, 0.3) is 0 Å². The SMILES string of the molecule is CC1(C)C([C@@H](Br)C(Br)(Br)Br)[C@H]1C(=O)O. The molecule has 0 aliphatic heterocycles. The minimum atomic E-state index is -0.721. The van der Waals surface area contributed by atoms with E-state index in [1.165, 1.54) is 0 Å². The van der Waals surface area contributed by atoms with Gasteiger partial charge in [0, 0.05) is 0 Å². The van der Waals surface area contributed by atoms with Gasteiger partial charge in [-0.3, -0.25) is 4.79 Å². The molecule has 0 aromatic carbocycles. The van der Waals surface area contributed by atoms with Gasteiger partial charge in [-0.05, 0) is 11.3 Å². The maximum Gasteiger partial charge on any atom is 0.307 e. The van der Waals surface area contributed by atoms with E-state index in [2.05, 4.69) is 63.7 Å². The Kier molecular flexibility index (Phi) is 3.85. The molecule has 82 valence electrons. The van der Waals surface area contributed by atoms with Crippen molar-refractivity contribution in [3.8, 4) is 0 Å². The first-order valence-electron chi connectivity index (χ1n) is 4.03. The number of carboxylic acids is 1. The topological polar surface area (TPSA) is 37.3 Å². The molecule has 3 atom stereocenters. The standard InChI is InChI=1S/C8H10Br4O2/c1-7(2)3(4(7)6(13)14)5(9)8(10,11)12/h3-5H,1-2H3,(H,13,14)/t3?,4-,5+/m0/s1. The van der Waals surface area contributed by atoms with Crippen LogP contribution in [0.15, 0.2) is 0 Å². The summed E-state index contributed by atoms with van der Waals surface area (Å²) in [5, 5.41) is 9.01. The molecule has 1 fully saturated rings. The van der Waals surface area contributed by atoms with Gasteiger partial charge in [-0.25, -0.2) is 0 Å². The Morgan fingerprint density at radius 1 is 1.43 bits per heavy atom. The fraction of sp³-hybridized carbons (Fsp3) is 0.875. The second kappa shape index (κ2) is 4.00. The van der Waals surface area contributed by atoms with Crippen LogP contribution in [0.2, 0.25) is 0 Å². The molecule has 0 bridgehead atoms. The molecule has 1 N–H and O–H groups in total. The molecule has 0 spiro atoms. The van der Waals surface area contributed by atoms with Crippen LogP contribution in [0.1, 0.15) is 13.8 Å². The van der Waals surface area contributed by atoms with Crippen molar-refractivity contribution in [1.29, 1.82) is 0 Å². The Balaban J connectivity index is 2.79. The number of halogens is 4. The van der Waals surface area contributed by atoms with Crippen molar-refractivity contribution in [2.45, 2.75) is 20.8 Å². The first-order valence-corrected chi connectivity index (χ1v) is 7.33. The van der Waals surface area contributed by atoms with Gasteiger partial charge in [0.1, 0.15) is 2.14 Å². The Morgan fingerprint density at radius 3 is 2.07 bits per heavy atom. The van der Waals surface area contributed by atoms with Crippen molar-refractivity contribution in [2.75, 3.05) is 0 Å². The number of hydrogen-bond donors (Lipinski definition) is 1. The van der Waals surface area contributed by atoms with Gasteiger partial charge in [0.05, 0.1) is 10.7 Å². The highest BCUT2D eigenvalue weighted by atomic mass is 80.0. The van der Waals surface area contributed by atoms with Crippen molar-refractivity contribution in [1.82, 2.24) is 0 Å². The number of alkyl halides is 4. The highest BCUT2D eigenvalue weighted by Gasteiger charge is 2.66. The van der Waals surface area contributed by atoms with Crippen LogP contribution in [-0.2, 0) is 4.79 Å². The molecular formula is C8H10Br4O2. The number of aliphatic carboxylic acids is 1. The number of carboxylic acid groups (broad SMARTS) is 1. The normalized spacial score (nSPS) is 32.4. The Morgan fingerprint density at radius 2 is 1.86 bits per heavy atom. The van der Waals surface area contributed by atoms with E-state index in [1.807, 2.05) is 13.8 Å². The third kappa shape index (κ3) is 2.38. The molecule has 0 saturated heterocycles. The lowest BCUT2D eigenvalue weighted by Gasteiger charge is -2.20. The van der Waals surface area contributed by atoms with Crippen molar-refractivity contribution in [2.24, 2.45) is 17.3 Å². The zero-order valence-electron chi connectivity index (χ0n) is 7.60. The number of carbonyl (C=O) groups is 1. The third-order valence-electron chi connectivity index (χ3n) is 2.80. The van der Waals surface area contributed by atoms with E-state index in [0.717, 1.165) is 0 Å². The van der Waals surface area contributed by atoms with Crippen molar-refractivity contribution in [3.63, 3.8) is 0 Å². The van der Waals surface area contributed by atoms with Crippen LogP contribution in [0.25, 0.3) is 0 Å². The zero-order chi connectivity index (χ0) is 11.3. The molecule has 0 aromatic rings. The van der Waals surface area contributed by atoms with Gasteiger partial charge >= 0.3 is 5.97 Å². The molecule has 1 aliphatic carbocycles. The molecule has 1 rings (SSSR count). The van der Waals surface area contributed by atoms with Crippen LogP contribution in [0.4, 0.5) is 0 Å². The van der Waals surface area contributed by atoms with Gasteiger partial charge in [-0.15, -0.1) is 0 Å². The average molecular weight is 458 g/mol. The van der Waals surface area contributed by atoms with E-state index < -0.39 is 8.11 Å². The van der Waals surface area contributed by atoms with E-state index in [0.29, 0.717) is 0 Å². The Bertz CT molecular complexity index is 259. The molecule has 1 aliphatic rings. The van der Waals surface area contributed by atoms with Crippen molar-refractivity contribution >= 4 is 69.7 Å². The predicted molar refractivity (Wildman–Crippen MR) is 70.6 cm³/mol. The van der Waals surface area contributed by atoms with E-state index in [4.69, 9.17) is 5.11 Å². The second-order valence-electron chi connectivity index (χ2n) is 4.11. The summed E-state index contributed by atoms with van der Waals surface area (Å²) >= 11 is 13.7. The molecule has 2 nitrogen and oxygen atoms in total. The predicted octanol–water partition coefficient (Wildman–Crippen LogP) is 3.95. The van der Waals surface area contributed by atoms with Crippen LogP contribution in [0, 0.1) is 17.3 Å². The molecular weight excluding hydrogens is 448 g/mol. The summed E-state index contributed by atoms with van der Waals surface area (Å²) in [6.07, 6.45) is 0. The highest BCUT2D eigenvalue weighted by Crippen LogP contribution is 2.65. The molecule has 14 heavy (non-hydrogen) atoms. The van der Waals surface area contributed by atoms with E-state index in [9.17, 15) is 4.79 Å². The third-order valence-corrected chi connectivity index (χ3v) is 7.38. The maximum atomic E-state index is 11.0. The molecule has 1 unspecified atom stereocenters. The van der Waals surface area contributed by atoms with Gasteiger partial charge < -0.3 is 5.11 Å². The lowest BCUT2D eigenvalue weighted by molar-refractivity contribution is -0.139. The fourth-order valence-corrected chi connectivity index (χ4v) is 3.74. The van der Waals surface area contributed by atoms with Crippen LogP contribution in [0.5, 0.6) is 0 Å². The van der Waals surface area contributed by atoms with Crippen LogP contribution >= 0.6 is 63.7 Å². The summed E-state index contributed by atoms with van der Waals surface area (Å²) in [4.78, 5) is 11.0. The molecule has 0 heterocycles. The van der Waals surface area contributed by atoms with Gasteiger partial charge in [-0.2, -0.15) is 0 Å². The summed E-state index contributed by atoms with van der Waals surface area (Å²) in [6, 6.07) is 0. The van der Waals surface area contributed by atoms with Crippen LogP contribution < -0.4 is 0 Å². The van der Waals surface area contributed by atoms with Crippen molar-refractivity contribution < 1.29 is 9.90 Å². The lowest BCUT2D eigenvalue weighted by atomic mass is 10.1. The lowest BCUT2D eigenvalue weighted by Crippen LogP contribution is -2.22. The summed E-state index contributed by atoms with van der Waals surface area (Å²) in [5.41, 5.74) is -0.152. The smallest absolute Gasteiger partial charge is 0.307 e. The molecule has 1 saturated carbocycles. The average Bonchev–Trinajstić information content (AvgIpc) is 2.49. The summed E-state index contributed by atoms with van der Waals surface area (Å²) in [7, 11) is 0. The largest absolute Gasteiger partial charge is 0.481 e.